The lowest BCUT2D eigenvalue weighted by Crippen LogP contribution is -2.48. The molecule has 5 rings (SSSR count). The van der Waals surface area contributed by atoms with Gasteiger partial charge in [-0.1, -0.05) is 41.9 Å². The number of thiophene rings is 1. The summed E-state index contributed by atoms with van der Waals surface area (Å²) in [5.74, 6) is 0.772. The van der Waals surface area contributed by atoms with Crippen LogP contribution in [0.15, 0.2) is 59.7 Å². The molecule has 0 N–H and O–H groups in total. The third kappa shape index (κ3) is 4.39. The third-order valence-corrected chi connectivity index (χ3v) is 7.96. The number of rotatable bonds is 5. The molecule has 0 aliphatic carbocycles. The number of benzene rings is 2. The molecule has 1 amide bonds. The SMILES string of the molecule is COc1ccccc1N1CCN(C(=O)c2sc3ncn(Cc4ccccc4Cl)c(=O)c3c2C)CC1. The predicted molar refractivity (Wildman–Crippen MR) is 140 cm³/mol. The number of piperazine rings is 1. The van der Waals surface area contributed by atoms with Crippen LogP contribution in [0.5, 0.6) is 5.75 Å². The van der Waals surface area contributed by atoms with Crippen LogP contribution in [0.2, 0.25) is 5.02 Å². The first-order valence-corrected chi connectivity index (χ1v) is 12.6. The van der Waals surface area contributed by atoms with E-state index in [-0.39, 0.29) is 11.5 Å². The number of para-hydroxylation sites is 2. The van der Waals surface area contributed by atoms with Gasteiger partial charge in [-0.05, 0) is 36.2 Å². The minimum atomic E-state index is -0.163. The molecule has 0 spiro atoms. The van der Waals surface area contributed by atoms with Crippen molar-refractivity contribution in [3.8, 4) is 5.75 Å². The second-order valence-electron chi connectivity index (χ2n) is 8.46. The summed E-state index contributed by atoms with van der Waals surface area (Å²) in [7, 11) is 1.67. The highest BCUT2D eigenvalue weighted by atomic mass is 35.5. The molecule has 2 aromatic carbocycles. The number of anilines is 1. The Morgan fingerprint density at radius 2 is 1.80 bits per heavy atom. The largest absolute Gasteiger partial charge is 0.495 e. The van der Waals surface area contributed by atoms with Gasteiger partial charge in [-0.3, -0.25) is 14.2 Å². The number of methoxy groups -OCH3 is 1. The lowest BCUT2D eigenvalue weighted by molar-refractivity contribution is 0.0751. The van der Waals surface area contributed by atoms with E-state index in [1.165, 1.54) is 17.7 Å². The van der Waals surface area contributed by atoms with Gasteiger partial charge in [-0.25, -0.2) is 4.98 Å². The van der Waals surface area contributed by atoms with E-state index in [0.29, 0.717) is 58.4 Å². The maximum atomic E-state index is 13.4. The first-order chi connectivity index (χ1) is 17.0. The second-order valence-corrected chi connectivity index (χ2v) is 9.86. The quantitative estimate of drug-likeness (QED) is 0.399. The van der Waals surface area contributed by atoms with Crippen molar-refractivity contribution in [2.24, 2.45) is 0 Å². The lowest BCUT2D eigenvalue weighted by atomic mass is 10.1. The Labute approximate surface area is 212 Å². The molecule has 0 unspecified atom stereocenters. The van der Waals surface area contributed by atoms with E-state index in [4.69, 9.17) is 16.3 Å². The lowest BCUT2D eigenvalue weighted by Gasteiger charge is -2.36. The number of aryl methyl sites for hydroxylation is 1. The van der Waals surface area contributed by atoms with E-state index in [9.17, 15) is 9.59 Å². The predicted octanol–water partition coefficient (Wildman–Crippen LogP) is 4.44. The zero-order valence-corrected chi connectivity index (χ0v) is 21.1. The van der Waals surface area contributed by atoms with Crippen molar-refractivity contribution < 1.29 is 9.53 Å². The fraction of sp³-hybridized carbons (Fsp3) is 0.269. The summed E-state index contributed by atoms with van der Waals surface area (Å²) in [5.41, 5.74) is 2.40. The molecule has 1 saturated heterocycles. The van der Waals surface area contributed by atoms with Crippen LogP contribution in [-0.4, -0.2) is 53.6 Å². The summed E-state index contributed by atoms with van der Waals surface area (Å²) in [6.07, 6.45) is 1.53. The van der Waals surface area contributed by atoms with Gasteiger partial charge in [0.25, 0.3) is 11.5 Å². The maximum absolute atomic E-state index is 13.4. The fourth-order valence-corrected chi connectivity index (χ4v) is 5.77. The molecule has 35 heavy (non-hydrogen) atoms. The van der Waals surface area contributed by atoms with E-state index in [1.54, 1.807) is 17.7 Å². The van der Waals surface area contributed by atoms with E-state index in [2.05, 4.69) is 9.88 Å². The molecule has 4 aromatic rings. The van der Waals surface area contributed by atoms with Gasteiger partial charge >= 0.3 is 0 Å². The minimum absolute atomic E-state index is 0.0535. The molecule has 7 nitrogen and oxygen atoms in total. The number of amides is 1. The normalized spacial score (nSPS) is 13.9. The van der Waals surface area contributed by atoms with Crippen molar-refractivity contribution in [3.05, 3.63) is 86.2 Å². The first kappa shape index (κ1) is 23.4. The monoisotopic (exact) mass is 508 g/mol. The summed E-state index contributed by atoms with van der Waals surface area (Å²) in [6, 6.07) is 15.3. The van der Waals surface area contributed by atoms with Gasteiger partial charge in [0, 0.05) is 31.2 Å². The highest BCUT2D eigenvalue weighted by Crippen LogP contribution is 2.31. The van der Waals surface area contributed by atoms with Crippen LogP contribution in [-0.2, 0) is 6.54 Å². The minimum Gasteiger partial charge on any atom is -0.495 e. The van der Waals surface area contributed by atoms with E-state index < -0.39 is 0 Å². The van der Waals surface area contributed by atoms with Crippen LogP contribution in [0.4, 0.5) is 5.69 Å². The average molecular weight is 509 g/mol. The molecule has 9 heteroatoms. The Morgan fingerprint density at radius 1 is 1.09 bits per heavy atom. The van der Waals surface area contributed by atoms with E-state index in [0.717, 1.165) is 17.0 Å². The van der Waals surface area contributed by atoms with Gasteiger partial charge in [-0.15, -0.1) is 11.3 Å². The molecule has 3 heterocycles. The standard InChI is InChI=1S/C26H25ClN4O3S/c1-17-22-24(28-16-31(25(22)32)15-18-7-3-4-8-19(18)27)35-23(17)26(33)30-13-11-29(12-14-30)20-9-5-6-10-21(20)34-2/h3-10,16H,11-15H2,1-2H3. The molecule has 1 fully saturated rings. The molecule has 2 aromatic heterocycles. The van der Waals surface area contributed by atoms with Crippen LogP contribution in [0, 0.1) is 6.92 Å². The Kier molecular flexibility index (Phi) is 6.49. The number of hydrogen-bond acceptors (Lipinski definition) is 6. The van der Waals surface area contributed by atoms with Gasteiger partial charge in [-0.2, -0.15) is 0 Å². The number of aromatic nitrogens is 2. The number of ether oxygens (including phenoxy) is 1. The fourth-order valence-electron chi connectivity index (χ4n) is 4.47. The summed E-state index contributed by atoms with van der Waals surface area (Å²) >= 11 is 7.57. The van der Waals surface area contributed by atoms with Crippen LogP contribution >= 0.6 is 22.9 Å². The smallest absolute Gasteiger partial charge is 0.264 e. The van der Waals surface area contributed by atoms with Crippen molar-refractivity contribution in [1.82, 2.24) is 14.5 Å². The highest BCUT2D eigenvalue weighted by Gasteiger charge is 2.27. The molecule has 1 aliphatic heterocycles. The van der Waals surface area contributed by atoms with Crippen molar-refractivity contribution in [1.29, 1.82) is 0 Å². The molecular weight excluding hydrogens is 484 g/mol. The molecule has 0 saturated carbocycles. The third-order valence-electron chi connectivity index (χ3n) is 6.40. The van der Waals surface area contributed by atoms with Crippen LogP contribution < -0.4 is 15.2 Å². The Bertz CT molecular complexity index is 1460. The second kappa shape index (κ2) is 9.71. The Morgan fingerprint density at radius 3 is 2.54 bits per heavy atom. The van der Waals surface area contributed by atoms with Crippen molar-refractivity contribution in [3.63, 3.8) is 0 Å². The van der Waals surface area contributed by atoms with E-state index >= 15 is 0 Å². The number of carbonyl (C=O) groups is 1. The zero-order chi connectivity index (χ0) is 24.5. The summed E-state index contributed by atoms with van der Waals surface area (Å²) < 4.78 is 7.04. The molecule has 0 atom stereocenters. The number of fused-ring (bicyclic) bond motifs is 1. The topological polar surface area (TPSA) is 67.7 Å². The average Bonchev–Trinajstić information content (AvgIpc) is 3.23. The van der Waals surface area contributed by atoms with Gasteiger partial charge in [0.05, 0.1) is 35.9 Å². The maximum Gasteiger partial charge on any atom is 0.264 e. The number of halogens is 1. The van der Waals surface area contributed by atoms with Gasteiger partial charge in [0.1, 0.15) is 10.6 Å². The number of nitrogens with zero attached hydrogens (tertiary/aromatic N) is 4. The molecule has 1 aliphatic rings. The van der Waals surface area contributed by atoms with E-state index in [1.807, 2.05) is 54.3 Å². The van der Waals surface area contributed by atoms with Crippen LogP contribution in [0.3, 0.4) is 0 Å². The van der Waals surface area contributed by atoms with Gasteiger partial charge < -0.3 is 14.5 Å². The van der Waals surface area contributed by atoms with Crippen molar-refractivity contribution in [2.45, 2.75) is 13.5 Å². The first-order valence-electron chi connectivity index (χ1n) is 11.4. The highest BCUT2D eigenvalue weighted by molar-refractivity contribution is 7.20. The summed E-state index contributed by atoms with van der Waals surface area (Å²) in [6.45, 7) is 4.76. The van der Waals surface area contributed by atoms with Crippen LogP contribution in [0.25, 0.3) is 10.2 Å². The summed E-state index contributed by atoms with van der Waals surface area (Å²) in [4.78, 5) is 36.4. The van der Waals surface area contributed by atoms with Gasteiger partial charge in [0.15, 0.2) is 0 Å². The molecular formula is C26H25ClN4O3S. The van der Waals surface area contributed by atoms with Crippen molar-refractivity contribution in [2.75, 3.05) is 38.2 Å². The number of carbonyl (C=O) groups excluding carboxylic acids is 1. The number of hydrogen-bond donors (Lipinski definition) is 0. The molecule has 180 valence electrons. The molecule has 0 bridgehead atoms. The summed E-state index contributed by atoms with van der Waals surface area (Å²) in [5, 5.41) is 1.10. The van der Waals surface area contributed by atoms with Crippen LogP contribution in [0.1, 0.15) is 20.8 Å². The van der Waals surface area contributed by atoms with Crippen molar-refractivity contribution >= 4 is 44.7 Å². The van der Waals surface area contributed by atoms with Gasteiger partial charge in [0.2, 0.25) is 0 Å². The zero-order valence-electron chi connectivity index (χ0n) is 19.5. The Balaban J connectivity index is 1.37. The Hall–Kier alpha value is -3.36. The molecule has 0 radical (unpaired) electrons.